The Kier molecular flexibility index (Phi) is 4.71. The molecule has 0 unspecified atom stereocenters. The van der Waals surface area contributed by atoms with E-state index in [1.165, 1.54) is 0 Å². The number of amides is 1. The summed E-state index contributed by atoms with van der Waals surface area (Å²) in [5.41, 5.74) is 0.703. The molecule has 0 aliphatic carbocycles. The van der Waals surface area contributed by atoms with E-state index in [0.29, 0.717) is 25.2 Å². The van der Waals surface area contributed by atoms with Crippen LogP contribution in [0.4, 0.5) is 0 Å². The number of Topliss-reactive ketones (excluding diaryl/α,β-unsaturated/α-hetero) is 1. The lowest BCUT2D eigenvalue weighted by Crippen LogP contribution is -2.49. The first kappa shape index (κ1) is 14.2. The predicted octanol–water partition coefficient (Wildman–Crippen LogP) is 1.80. The van der Waals surface area contributed by atoms with Crippen molar-refractivity contribution in [2.75, 3.05) is 32.7 Å². The monoisotopic (exact) mass is 324 g/mol. The highest BCUT2D eigenvalue weighted by atomic mass is 79.9. The molecule has 0 N–H and O–H groups in total. The first-order valence-electron chi connectivity index (χ1n) is 6.33. The number of halogens is 1. The topological polar surface area (TPSA) is 40.6 Å². The van der Waals surface area contributed by atoms with Crippen LogP contribution in [0.2, 0.25) is 0 Å². The molecular weight excluding hydrogens is 308 g/mol. The van der Waals surface area contributed by atoms with Gasteiger partial charge in [-0.05, 0) is 25.1 Å². The predicted molar refractivity (Wildman–Crippen MR) is 77.2 cm³/mol. The SMILES string of the molecule is CC(=O)CN1CCN(C(=O)c2cccc(Br)c2)CC1. The molecule has 1 aromatic rings. The van der Waals surface area contributed by atoms with Gasteiger partial charge in [-0.3, -0.25) is 14.5 Å². The molecule has 1 fully saturated rings. The van der Waals surface area contributed by atoms with E-state index in [1.807, 2.05) is 29.2 Å². The van der Waals surface area contributed by atoms with E-state index in [9.17, 15) is 9.59 Å². The fraction of sp³-hybridized carbons (Fsp3) is 0.429. The van der Waals surface area contributed by atoms with Gasteiger partial charge in [0.15, 0.2) is 0 Å². The third-order valence-corrected chi connectivity index (χ3v) is 3.67. The summed E-state index contributed by atoms with van der Waals surface area (Å²) in [6.45, 7) is 4.97. The summed E-state index contributed by atoms with van der Waals surface area (Å²) in [4.78, 5) is 27.3. The molecule has 1 aliphatic heterocycles. The summed E-state index contributed by atoms with van der Waals surface area (Å²) in [6.07, 6.45) is 0. The van der Waals surface area contributed by atoms with Gasteiger partial charge in [0.2, 0.25) is 0 Å². The van der Waals surface area contributed by atoms with E-state index in [2.05, 4.69) is 20.8 Å². The Morgan fingerprint density at radius 1 is 1.21 bits per heavy atom. The molecule has 19 heavy (non-hydrogen) atoms. The third-order valence-electron chi connectivity index (χ3n) is 3.18. The minimum Gasteiger partial charge on any atom is -0.336 e. The number of rotatable bonds is 3. The van der Waals surface area contributed by atoms with Crippen LogP contribution in [0.5, 0.6) is 0 Å². The zero-order chi connectivity index (χ0) is 13.8. The Morgan fingerprint density at radius 2 is 1.89 bits per heavy atom. The maximum Gasteiger partial charge on any atom is 0.253 e. The molecule has 0 atom stereocenters. The average Bonchev–Trinajstić information content (AvgIpc) is 2.38. The van der Waals surface area contributed by atoms with Crippen LogP contribution >= 0.6 is 15.9 Å². The Labute approximate surface area is 121 Å². The minimum atomic E-state index is 0.0591. The number of carbonyl (C=O) groups excluding carboxylic acids is 2. The summed E-state index contributed by atoms with van der Waals surface area (Å²) in [5, 5.41) is 0. The van der Waals surface area contributed by atoms with E-state index in [4.69, 9.17) is 0 Å². The van der Waals surface area contributed by atoms with Crippen molar-refractivity contribution in [3.63, 3.8) is 0 Å². The molecule has 1 amide bonds. The molecule has 5 heteroatoms. The molecule has 0 bridgehead atoms. The molecule has 1 heterocycles. The van der Waals surface area contributed by atoms with Crippen molar-refractivity contribution in [3.8, 4) is 0 Å². The summed E-state index contributed by atoms with van der Waals surface area (Å²) >= 11 is 3.37. The number of nitrogens with zero attached hydrogens (tertiary/aromatic N) is 2. The van der Waals surface area contributed by atoms with Crippen LogP contribution in [0, 0.1) is 0 Å². The van der Waals surface area contributed by atoms with E-state index in [-0.39, 0.29) is 11.7 Å². The molecule has 0 aromatic heterocycles. The van der Waals surface area contributed by atoms with Gasteiger partial charge in [-0.2, -0.15) is 0 Å². The van der Waals surface area contributed by atoms with Crippen molar-refractivity contribution in [1.29, 1.82) is 0 Å². The maximum absolute atomic E-state index is 12.3. The van der Waals surface area contributed by atoms with Crippen molar-refractivity contribution in [2.45, 2.75) is 6.92 Å². The highest BCUT2D eigenvalue weighted by Crippen LogP contribution is 2.14. The van der Waals surface area contributed by atoms with Crippen LogP contribution in [0.25, 0.3) is 0 Å². The lowest BCUT2D eigenvalue weighted by atomic mass is 10.2. The maximum atomic E-state index is 12.3. The lowest BCUT2D eigenvalue weighted by molar-refractivity contribution is -0.118. The second-order valence-electron chi connectivity index (χ2n) is 4.78. The van der Waals surface area contributed by atoms with Crippen molar-refractivity contribution in [3.05, 3.63) is 34.3 Å². The van der Waals surface area contributed by atoms with E-state index in [0.717, 1.165) is 17.6 Å². The first-order valence-corrected chi connectivity index (χ1v) is 7.12. The summed E-state index contributed by atoms with van der Waals surface area (Å²) in [5.74, 6) is 0.232. The Morgan fingerprint density at radius 3 is 2.47 bits per heavy atom. The average molecular weight is 325 g/mol. The van der Waals surface area contributed by atoms with Crippen LogP contribution < -0.4 is 0 Å². The molecule has 0 radical (unpaired) electrons. The van der Waals surface area contributed by atoms with E-state index >= 15 is 0 Å². The van der Waals surface area contributed by atoms with Gasteiger partial charge in [-0.25, -0.2) is 0 Å². The largest absolute Gasteiger partial charge is 0.336 e. The normalized spacial score (nSPS) is 16.4. The van der Waals surface area contributed by atoms with E-state index < -0.39 is 0 Å². The number of benzene rings is 1. The summed E-state index contributed by atoms with van der Waals surface area (Å²) in [6, 6.07) is 7.43. The van der Waals surface area contributed by atoms with Crippen molar-refractivity contribution in [1.82, 2.24) is 9.80 Å². The molecule has 1 aromatic carbocycles. The smallest absolute Gasteiger partial charge is 0.253 e. The van der Waals surface area contributed by atoms with Gasteiger partial charge >= 0.3 is 0 Å². The van der Waals surface area contributed by atoms with Crippen LogP contribution in [-0.2, 0) is 4.79 Å². The minimum absolute atomic E-state index is 0.0591. The number of ketones is 1. The third kappa shape index (κ3) is 3.88. The van der Waals surface area contributed by atoms with Crippen molar-refractivity contribution < 1.29 is 9.59 Å². The molecule has 1 aliphatic rings. The molecule has 1 saturated heterocycles. The first-order chi connectivity index (χ1) is 9.06. The number of hydrogen-bond donors (Lipinski definition) is 0. The van der Waals surface area contributed by atoms with Gasteiger partial charge in [0.05, 0.1) is 6.54 Å². The van der Waals surface area contributed by atoms with Crippen LogP contribution in [0.3, 0.4) is 0 Å². The highest BCUT2D eigenvalue weighted by molar-refractivity contribution is 9.10. The fourth-order valence-corrected chi connectivity index (χ4v) is 2.63. The van der Waals surface area contributed by atoms with Crippen LogP contribution in [0.1, 0.15) is 17.3 Å². The zero-order valence-corrected chi connectivity index (χ0v) is 12.5. The quantitative estimate of drug-likeness (QED) is 0.851. The van der Waals surface area contributed by atoms with Gasteiger partial charge in [0, 0.05) is 36.2 Å². The number of carbonyl (C=O) groups is 2. The molecule has 102 valence electrons. The van der Waals surface area contributed by atoms with Gasteiger partial charge in [-0.1, -0.05) is 22.0 Å². The van der Waals surface area contributed by atoms with Gasteiger partial charge in [-0.15, -0.1) is 0 Å². The Hall–Kier alpha value is -1.20. The summed E-state index contributed by atoms with van der Waals surface area (Å²) < 4.78 is 0.911. The fourth-order valence-electron chi connectivity index (χ4n) is 2.23. The van der Waals surface area contributed by atoms with Gasteiger partial charge in [0.25, 0.3) is 5.91 Å². The number of hydrogen-bond acceptors (Lipinski definition) is 3. The molecular formula is C14H17BrN2O2. The van der Waals surface area contributed by atoms with Crippen LogP contribution in [-0.4, -0.2) is 54.2 Å². The standard InChI is InChI=1S/C14H17BrN2O2/c1-11(18)10-16-5-7-17(8-6-16)14(19)12-3-2-4-13(15)9-12/h2-4,9H,5-8,10H2,1H3. The van der Waals surface area contributed by atoms with Gasteiger partial charge in [0.1, 0.15) is 5.78 Å². The Balaban J connectivity index is 1.94. The second-order valence-corrected chi connectivity index (χ2v) is 5.70. The van der Waals surface area contributed by atoms with E-state index in [1.54, 1.807) is 6.92 Å². The van der Waals surface area contributed by atoms with Crippen LogP contribution in [0.15, 0.2) is 28.7 Å². The summed E-state index contributed by atoms with van der Waals surface area (Å²) in [7, 11) is 0. The molecule has 2 rings (SSSR count). The molecule has 4 nitrogen and oxygen atoms in total. The molecule has 0 saturated carbocycles. The van der Waals surface area contributed by atoms with Gasteiger partial charge < -0.3 is 4.90 Å². The highest BCUT2D eigenvalue weighted by Gasteiger charge is 2.22. The second kappa shape index (κ2) is 6.30. The Bertz CT molecular complexity index is 482. The zero-order valence-electron chi connectivity index (χ0n) is 10.9. The lowest BCUT2D eigenvalue weighted by Gasteiger charge is -2.34. The molecule has 0 spiro atoms. The number of piperazine rings is 1. The van der Waals surface area contributed by atoms with Crippen molar-refractivity contribution >= 4 is 27.6 Å². The van der Waals surface area contributed by atoms with Crippen molar-refractivity contribution in [2.24, 2.45) is 0 Å².